The zero-order valence-electron chi connectivity index (χ0n) is 10.7. The Balaban J connectivity index is 1.95. The summed E-state index contributed by atoms with van der Waals surface area (Å²) in [4.78, 5) is 4.39. The van der Waals surface area contributed by atoms with E-state index in [1.807, 2.05) is 24.3 Å². The second-order valence-electron chi connectivity index (χ2n) is 4.44. The molecule has 0 amide bonds. The molecule has 0 aliphatic carbocycles. The summed E-state index contributed by atoms with van der Waals surface area (Å²) in [5, 5.41) is 3.99. The molecule has 4 heteroatoms. The standard InChI is InChI=1S/C14H19N3O/c1-2-3-4-5-6-13-16-14(17-18-13)11-7-9-12(15)10-8-11/h7-10H,2-6,15H2,1H3. The van der Waals surface area contributed by atoms with Crippen molar-refractivity contribution in [3.05, 3.63) is 30.2 Å². The number of aryl methyl sites for hydroxylation is 1. The largest absolute Gasteiger partial charge is 0.399 e. The normalized spacial score (nSPS) is 10.7. The maximum atomic E-state index is 5.64. The van der Waals surface area contributed by atoms with E-state index in [0.29, 0.717) is 5.82 Å². The molecule has 18 heavy (non-hydrogen) atoms. The molecular formula is C14H19N3O. The van der Waals surface area contributed by atoms with E-state index in [1.54, 1.807) is 0 Å². The Bertz CT molecular complexity index is 476. The van der Waals surface area contributed by atoms with Crippen LogP contribution in [0.1, 0.15) is 38.5 Å². The Morgan fingerprint density at radius 1 is 1.11 bits per heavy atom. The highest BCUT2D eigenvalue weighted by molar-refractivity contribution is 5.57. The summed E-state index contributed by atoms with van der Waals surface area (Å²) in [5.74, 6) is 1.36. The number of nitrogens with zero attached hydrogens (tertiary/aromatic N) is 2. The van der Waals surface area contributed by atoms with Crippen LogP contribution in [-0.4, -0.2) is 10.1 Å². The van der Waals surface area contributed by atoms with Crippen molar-refractivity contribution in [3.63, 3.8) is 0 Å². The summed E-state index contributed by atoms with van der Waals surface area (Å²) in [5.41, 5.74) is 7.32. The number of nitrogens with two attached hydrogens (primary N) is 1. The predicted molar refractivity (Wildman–Crippen MR) is 72.0 cm³/mol. The van der Waals surface area contributed by atoms with Gasteiger partial charge in [-0.2, -0.15) is 4.98 Å². The van der Waals surface area contributed by atoms with Gasteiger partial charge in [0, 0.05) is 17.7 Å². The molecule has 2 N–H and O–H groups in total. The SMILES string of the molecule is CCCCCCc1nc(-c2ccc(N)cc2)no1. The minimum atomic E-state index is 0.639. The zero-order valence-corrected chi connectivity index (χ0v) is 10.7. The van der Waals surface area contributed by atoms with Crippen LogP contribution in [0.5, 0.6) is 0 Å². The summed E-state index contributed by atoms with van der Waals surface area (Å²) in [7, 11) is 0. The number of benzene rings is 1. The molecule has 1 heterocycles. The Kier molecular flexibility index (Phi) is 4.34. The number of nitrogen functional groups attached to an aromatic ring is 1. The van der Waals surface area contributed by atoms with Crippen molar-refractivity contribution in [2.24, 2.45) is 0 Å². The van der Waals surface area contributed by atoms with Gasteiger partial charge in [0.2, 0.25) is 11.7 Å². The quantitative estimate of drug-likeness (QED) is 0.625. The van der Waals surface area contributed by atoms with Crippen molar-refractivity contribution in [3.8, 4) is 11.4 Å². The minimum absolute atomic E-state index is 0.639. The first-order valence-electron chi connectivity index (χ1n) is 6.48. The molecular weight excluding hydrogens is 226 g/mol. The van der Waals surface area contributed by atoms with Crippen molar-refractivity contribution in [1.29, 1.82) is 0 Å². The molecule has 4 nitrogen and oxygen atoms in total. The number of hydrogen-bond acceptors (Lipinski definition) is 4. The smallest absolute Gasteiger partial charge is 0.226 e. The summed E-state index contributed by atoms with van der Waals surface area (Å²) in [6.07, 6.45) is 5.69. The number of unbranched alkanes of at least 4 members (excludes halogenated alkanes) is 3. The molecule has 0 aliphatic heterocycles. The van der Waals surface area contributed by atoms with E-state index in [1.165, 1.54) is 19.3 Å². The lowest BCUT2D eigenvalue weighted by Gasteiger charge is -1.95. The Morgan fingerprint density at radius 2 is 1.89 bits per heavy atom. The first-order chi connectivity index (χ1) is 8.79. The molecule has 1 aromatic carbocycles. The van der Waals surface area contributed by atoms with Gasteiger partial charge in [0.05, 0.1) is 0 Å². The molecule has 1 aromatic heterocycles. The van der Waals surface area contributed by atoms with Gasteiger partial charge < -0.3 is 10.3 Å². The molecule has 0 aliphatic rings. The van der Waals surface area contributed by atoms with Crippen LogP contribution in [0.2, 0.25) is 0 Å². The van der Waals surface area contributed by atoms with E-state index >= 15 is 0 Å². The van der Waals surface area contributed by atoms with E-state index in [4.69, 9.17) is 10.3 Å². The van der Waals surface area contributed by atoms with Gasteiger partial charge in [-0.15, -0.1) is 0 Å². The van der Waals surface area contributed by atoms with Gasteiger partial charge in [-0.1, -0.05) is 31.3 Å². The van der Waals surface area contributed by atoms with E-state index in [2.05, 4.69) is 17.1 Å². The number of rotatable bonds is 6. The Hall–Kier alpha value is -1.84. The van der Waals surface area contributed by atoms with Gasteiger partial charge >= 0.3 is 0 Å². The van der Waals surface area contributed by atoms with Gasteiger partial charge in [0.25, 0.3) is 0 Å². The van der Waals surface area contributed by atoms with Crippen LogP contribution in [-0.2, 0) is 6.42 Å². The highest BCUT2D eigenvalue weighted by Crippen LogP contribution is 2.18. The first-order valence-corrected chi connectivity index (χ1v) is 6.48. The first kappa shape index (κ1) is 12.6. The predicted octanol–water partition coefficient (Wildman–Crippen LogP) is 3.44. The maximum absolute atomic E-state index is 5.64. The second-order valence-corrected chi connectivity index (χ2v) is 4.44. The number of anilines is 1. The van der Waals surface area contributed by atoms with Crippen molar-refractivity contribution in [2.45, 2.75) is 39.0 Å². The fourth-order valence-electron chi connectivity index (χ4n) is 1.81. The second kappa shape index (κ2) is 6.19. The van der Waals surface area contributed by atoms with E-state index in [-0.39, 0.29) is 0 Å². The van der Waals surface area contributed by atoms with Gasteiger partial charge in [0.15, 0.2) is 0 Å². The Labute approximate surface area is 107 Å². The van der Waals surface area contributed by atoms with E-state index in [0.717, 1.165) is 30.0 Å². The molecule has 96 valence electrons. The summed E-state index contributed by atoms with van der Waals surface area (Å²) >= 11 is 0. The van der Waals surface area contributed by atoms with Crippen LogP contribution >= 0.6 is 0 Å². The topological polar surface area (TPSA) is 64.9 Å². The minimum Gasteiger partial charge on any atom is -0.399 e. The van der Waals surface area contributed by atoms with Gasteiger partial charge in [-0.05, 0) is 30.7 Å². The number of aromatic nitrogens is 2. The van der Waals surface area contributed by atoms with Crippen LogP contribution in [0, 0.1) is 0 Å². The average Bonchev–Trinajstić information content (AvgIpc) is 2.84. The third-order valence-electron chi connectivity index (χ3n) is 2.88. The fourth-order valence-corrected chi connectivity index (χ4v) is 1.81. The van der Waals surface area contributed by atoms with Crippen molar-refractivity contribution < 1.29 is 4.52 Å². The van der Waals surface area contributed by atoms with Gasteiger partial charge in [-0.25, -0.2) is 0 Å². The lowest BCUT2D eigenvalue weighted by Crippen LogP contribution is -1.87. The molecule has 2 aromatic rings. The highest BCUT2D eigenvalue weighted by atomic mass is 16.5. The Morgan fingerprint density at radius 3 is 2.61 bits per heavy atom. The maximum Gasteiger partial charge on any atom is 0.226 e. The fraction of sp³-hybridized carbons (Fsp3) is 0.429. The van der Waals surface area contributed by atoms with Crippen LogP contribution in [0.25, 0.3) is 11.4 Å². The molecule has 0 atom stereocenters. The molecule has 0 fully saturated rings. The molecule has 0 unspecified atom stereocenters. The highest BCUT2D eigenvalue weighted by Gasteiger charge is 2.07. The summed E-state index contributed by atoms with van der Waals surface area (Å²) in [6, 6.07) is 7.49. The molecule has 0 radical (unpaired) electrons. The number of hydrogen-bond donors (Lipinski definition) is 1. The van der Waals surface area contributed by atoms with Crippen LogP contribution in [0.4, 0.5) is 5.69 Å². The molecule has 0 saturated carbocycles. The summed E-state index contributed by atoms with van der Waals surface area (Å²) in [6.45, 7) is 2.20. The third-order valence-corrected chi connectivity index (χ3v) is 2.88. The third kappa shape index (κ3) is 3.32. The molecule has 0 spiro atoms. The van der Waals surface area contributed by atoms with Crippen LogP contribution in [0.15, 0.2) is 28.8 Å². The van der Waals surface area contributed by atoms with Crippen molar-refractivity contribution >= 4 is 5.69 Å². The summed E-state index contributed by atoms with van der Waals surface area (Å²) < 4.78 is 5.24. The molecule has 2 rings (SSSR count). The van der Waals surface area contributed by atoms with Crippen molar-refractivity contribution in [2.75, 3.05) is 5.73 Å². The monoisotopic (exact) mass is 245 g/mol. The van der Waals surface area contributed by atoms with E-state index in [9.17, 15) is 0 Å². The van der Waals surface area contributed by atoms with Crippen LogP contribution in [0.3, 0.4) is 0 Å². The molecule has 0 saturated heterocycles. The zero-order chi connectivity index (χ0) is 12.8. The van der Waals surface area contributed by atoms with Crippen molar-refractivity contribution in [1.82, 2.24) is 10.1 Å². The van der Waals surface area contributed by atoms with Gasteiger partial charge in [-0.3, -0.25) is 0 Å². The lowest BCUT2D eigenvalue weighted by molar-refractivity contribution is 0.374. The van der Waals surface area contributed by atoms with Gasteiger partial charge in [0.1, 0.15) is 0 Å². The molecule has 0 bridgehead atoms. The average molecular weight is 245 g/mol. The van der Waals surface area contributed by atoms with Crippen LogP contribution < -0.4 is 5.73 Å². The van der Waals surface area contributed by atoms with E-state index < -0.39 is 0 Å². The lowest BCUT2D eigenvalue weighted by atomic mass is 10.1.